The molecule has 0 radical (unpaired) electrons. The van der Waals surface area contributed by atoms with Gasteiger partial charge >= 0.3 is 0 Å². The molecule has 0 aliphatic carbocycles. The van der Waals surface area contributed by atoms with E-state index in [0.717, 1.165) is 24.6 Å². The normalized spacial score (nSPS) is 21.3. The Kier molecular flexibility index (Phi) is 3.58. The minimum Gasteiger partial charge on any atom is -0.464 e. The van der Waals surface area contributed by atoms with Gasteiger partial charge in [0.25, 0.3) is 0 Å². The molecule has 1 aliphatic heterocycles. The summed E-state index contributed by atoms with van der Waals surface area (Å²) in [7, 11) is 4.32. The van der Waals surface area contributed by atoms with E-state index < -0.39 is 0 Å². The molecule has 0 amide bonds. The summed E-state index contributed by atoms with van der Waals surface area (Å²) in [5, 5.41) is 4.71. The van der Waals surface area contributed by atoms with E-state index in [0.29, 0.717) is 6.04 Å². The lowest BCUT2D eigenvalue weighted by Gasteiger charge is -2.26. The van der Waals surface area contributed by atoms with Gasteiger partial charge < -0.3 is 14.6 Å². The average molecular weight is 258 g/mol. The molecule has 1 saturated heterocycles. The second-order valence-corrected chi connectivity index (χ2v) is 5.76. The van der Waals surface area contributed by atoms with Crippen molar-refractivity contribution in [3.63, 3.8) is 0 Å². The number of furan rings is 1. The summed E-state index contributed by atoms with van der Waals surface area (Å²) in [6.45, 7) is 2.32. The van der Waals surface area contributed by atoms with Crippen molar-refractivity contribution in [3.05, 3.63) is 36.1 Å². The number of hydrogen-bond acceptors (Lipinski definition) is 3. The first kappa shape index (κ1) is 12.7. The van der Waals surface area contributed by atoms with Crippen molar-refractivity contribution in [2.75, 3.05) is 27.2 Å². The third-order valence-electron chi connectivity index (χ3n) is 4.21. The number of rotatable bonds is 4. The van der Waals surface area contributed by atoms with E-state index in [1.807, 2.05) is 18.4 Å². The number of fused-ring (bicyclic) bond motifs is 1. The molecular weight excluding hydrogens is 236 g/mol. The Bertz CT molecular complexity index is 540. The molecule has 2 aromatic rings. The Labute approximate surface area is 114 Å². The maximum Gasteiger partial charge on any atom is 0.134 e. The lowest BCUT2D eigenvalue weighted by atomic mass is 9.93. The molecule has 3 nitrogen and oxygen atoms in total. The zero-order valence-corrected chi connectivity index (χ0v) is 11.7. The van der Waals surface area contributed by atoms with Crippen molar-refractivity contribution in [2.24, 2.45) is 5.92 Å². The van der Waals surface area contributed by atoms with E-state index in [1.165, 1.54) is 23.8 Å². The molecule has 19 heavy (non-hydrogen) atoms. The largest absolute Gasteiger partial charge is 0.464 e. The summed E-state index contributed by atoms with van der Waals surface area (Å²) in [6.07, 6.45) is 4.43. The Morgan fingerprint density at radius 3 is 2.95 bits per heavy atom. The van der Waals surface area contributed by atoms with Crippen LogP contribution >= 0.6 is 0 Å². The van der Waals surface area contributed by atoms with Gasteiger partial charge in [0.05, 0.1) is 6.26 Å². The molecule has 1 N–H and O–H groups in total. The lowest BCUT2D eigenvalue weighted by Crippen LogP contribution is -2.23. The summed E-state index contributed by atoms with van der Waals surface area (Å²) in [6, 6.07) is 8.76. The van der Waals surface area contributed by atoms with Gasteiger partial charge in [-0.25, -0.2) is 0 Å². The Morgan fingerprint density at radius 2 is 2.21 bits per heavy atom. The van der Waals surface area contributed by atoms with Crippen molar-refractivity contribution < 1.29 is 4.42 Å². The molecule has 1 aromatic heterocycles. The highest BCUT2D eigenvalue weighted by Gasteiger charge is 2.25. The van der Waals surface area contributed by atoms with Crippen LogP contribution in [0.15, 0.2) is 34.9 Å². The Hall–Kier alpha value is -1.32. The SMILES string of the molecule is CN(C)C(CC1CCNC1)c1coc2ccccc12. The minimum absolute atomic E-state index is 0.438. The second kappa shape index (κ2) is 5.35. The highest BCUT2D eigenvalue weighted by molar-refractivity contribution is 5.81. The summed E-state index contributed by atoms with van der Waals surface area (Å²) in [4.78, 5) is 2.32. The van der Waals surface area contributed by atoms with Crippen molar-refractivity contribution in [1.29, 1.82) is 0 Å². The maximum atomic E-state index is 5.70. The fourth-order valence-electron chi connectivity index (χ4n) is 3.10. The monoisotopic (exact) mass is 258 g/mol. The van der Waals surface area contributed by atoms with E-state index in [1.54, 1.807) is 0 Å². The van der Waals surface area contributed by atoms with Crippen LogP contribution in [0.4, 0.5) is 0 Å². The van der Waals surface area contributed by atoms with Gasteiger partial charge in [0, 0.05) is 17.0 Å². The number of nitrogens with zero attached hydrogens (tertiary/aromatic N) is 1. The molecule has 3 heteroatoms. The van der Waals surface area contributed by atoms with Gasteiger partial charge in [0.2, 0.25) is 0 Å². The number of nitrogens with one attached hydrogen (secondary N) is 1. The van der Waals surface area contributed by atoms with E-state index >= 15 is 0 Å². The standard InChI is InChI=1S/C16H22N2O/c1-18(2)15(9-12-7-8-17-10-12)14-11-19-16-6-4-3-5-13(14)16/h3-6,11-12,15,17H,7-10H2,1-2H3. The molecule has 2 atom stereocenters. The van der Waals surface area contributed by atoms with Crippen molar-refractivity contribution >= 4 is 11.0 Å². The first-order valence-electron chi connectivity index (χ1n) is 7.09. The van der Waals surface area contributed by atoms with Gasteiger partial charge in [-0.05, 0) is 52.0 Å². The molecule has 1 aliphatic rings. The third kappa shape index (κ3) is 2.53. The molecule has 2 heterocycles. The zero-order chi connectivity index (χ0) is 13.2. The number of benzene rings is 1. The maximum absolute atomic E-state index is 5.70. The van der Waals surface area contributed by atoms with Gasteiger partial charge in [0.1, 0.15) is 5.58 Å². The molecule has 2 unspecified atom stereocenters. The van der Waals surface area contributed by atoms with Crippen LogP contribution in [0.5, 0.6) is 0 Å². The summed E-state index contributed by atoms with van der Waals surface area (Å²) < 4.78 is 5.70. The van der Waals surface area contributed by atoms with Gasteiger partial charge in [0.15, 0.2) is 0 Å². The molecule has 0 bridgehead atoms. The second-order valence-electron chi connectivity index (χ2n) is 5.76. The third-order valence-corrected chi connectivity index (χ3v) is 4.21. The van der Waals surface area contributed by atoms with Gasteiger partial charge in [-0.3, -0.25) is 0 Å². The number of para-hydroxylation sites is 1. The first-order valence-corrected chi connectivity index (χ1v) is 7.09. The quantitative estimate of drug-likeness (QED) is 0.913. The van der Waals surface area contributed by atoms with Crippen molar-refractivity contribution in [2.45, 2.75) is 18.9 Å². The highest BCUT2D eigenvalue weighted by atomic mass is 16.3. The van der Waals surface area contributed by atoms with Crippen LogP contribution in [-0.4, -0.2) is 32.1 Å². The van der Waals surface area contributed by atoms with Crippen molar-refractivity contribution in [1.82, 2.24) is 10.2 Å². The van der Waals surface area contributed by atoms with Crippen LogP contribution in [-0.2, 0) is 0 Å². The summed E-state index contributed by atoms with van der Waals surface area (Å²) >= 11 is 0. The smallest absolute Gasteiger partial charge is 0.134 e. The molecule has 102 valence electrons. The Morgan fingerprint density at radius 1 is 1.37 bits per heavy atom. The minimum atomic E-state index is 0.438. The zero-order valence-electron chi connectivity index (χ0n) is 11.7. The summed E-state index contributed by atoms with van der Waals surface area (Å²) in [5.74, 6) is 0.779. The molecule has 0 spiro atoms. The van der Waals surface area contributed by atoms with E-state index in [2.05, 4.69) is 36.4 Å². The predicted molar refractivity (Wildman–Crippen MR) is 78.2 cm³/mol. The molecule has 3 rings (SSSR count). The topological polar surface area (TPSA) is 28.4 Å². The first-order chi connectivity index (χ1) is 9.25. The molecule has 1 aromatic carbocycles. The van der Waals surface area contributed by atoms with Crippen LogP contribution in [0.3, 0.4) is 0 Å². The average Bonchev–Trinajstić information content (AvgIpc) is 3.05. The molecular formula is C16H22N2O. The van der Waals surface area contributed by atoms with Crippen LogP contribution in [0.25, 0.3) is 11.0 Å². The van der Waals surface area contributed by atoms with Crippen LogP contribution in [0, 0.1) is 5.92 Å². The molecule has 0 saturated carbocycles. The molecule has 1 fully saturated rings. The summed E-state index contributed by atoms with van der Waals surface area (Å²) in [5.41, 5.74) is 2.32. The van der Waals surface area contributed by atoms with Crippen LogP contribution < -0.4 is 5.32 Å². The number of hydrogen-bond donors (Lipinski definition) is 1. The fourth-order valence-corrected chi connectivity index (χ4v) is 3.10. The van der Waals surface area contributed by atoms with Gasteiger partial charge in [-0.1, -0.05) is 18.2 Å². The Balaban J connectivity index is 1.90. The van der Waals surface area contributed by atoms with E-state index in [9.17, 15) is 0 Å². The van der Waals surface area contributed by atoms with Gasteiger partial charge in [-0.15, -0.1) is 0 Å². The van der Waals surface area contributed by atoms with Crippen LogP contribution in [0.1, 0.15) is 24.4 Å². The van der Waals surface area contributed by atoms with Gasteiger partial charge in [-0.2, -0.15) is 0 Å². The predicted octanol–water partition coefficient (Wildman–Crippen LogP) is 3.04. The lowest BCUT2D eigenvalue weighted by molar-refractivity contribution is 0.253. The highest BCUT2D eigenvalue weighted by Crippen LogP contribution is 2.34. The van der Waals surface area contributed by atoms with Crippen LogP contribution in [0.2, 0.25) is 0 Å². The van der Waals surface area contributed by atoms with Crippen molar-refractivity contribution in [3.8, 4) is 0 Å². The van der Waals surface area contributed by atoms with E-state index in [-0.39, 0.29) is 0 Å². The van der Waals surface area contributed by atoms with E-state index in [4.69, 9.17) is 4.42 Å². The fraction of sp³-hybridized carbons (Fsp3) is 0.500.